The fraction of sp³-hybridized carbons (Fsp3) is 0.667. The summed E-state index contributed by atoms with van der Waals surface area (Å²) < 4.78 is 0. The number of para-hydroxylation sites is 1. The number of hydrogen-bond acceptors (Lipinski definition) is 2. The molecule has 1 aromatic carbocycles. The van der Waals surface area contributed by atoms with Gasteiger partial charge < -0.3 is 10.2 Å². The molecule has 0 amide bonds. The smallest absolute Gasteiger partial charge is 0.0643 e. The number of rotatable bonds is 6. The van der Waals surface area contributed by atoms with Gasteiger partial charge in [0.25, 0.3) is 0 Å². The molecule has 1 fully saturated rings. The van der Waals surface area contributed by atoms with Gasteiger partial charge in [0.1, 0.15) is 0 Å². The van der Waals surface area contributed by atoms with Crippen molar-refractivity contribution in [3.63, 3.8) is 0 Å². The first-order valence-electron chi connectivity index (χ1n) is 8.25. The Kier molecular flexibility index (Phi) is 5.95. The lowest BCUT2D eigenvalue weighted by Gasteiger charge is -2.32. The molecular formula is C18H29ClN2. The second-order valence-electron chi connectivity index (χ2n) is 6.92. The Labute approximate surface area is 134 Å². The minimum Gasteiger partial charge on any atom is -0.367 e. The summed E-state index contributed by atoms with van der Waals surface area (Å²) in [5.74, 6) is 1.34. The van der Waals surface area contributed by atoms with Crippen molar-refractivity contribution in [1.82, 2.24) is 5.32 Å². The van der Waals surface area contributed by atoms with Gasteiger partial charge in [-0.3, -0.25) is 0 Å². The number of halogens is 1. The molecule has 1 atom stereocenters. The molecule has 0 aromatic heterocycles. The fourth-order valence-electron chi connectivity index (χ4n) is 3.28. The quantitative estimate of drug-likeness (QED) is 0.818. The van der Waals surface area contributed by atoms with Gasteiger partial charge in [-0.15, -0.1) is 0 Å². The van der Waals surface area contributed by atoms with E-state index in [1.807, 2.05) is 6.07 Å². The van der Waals surface area contributed by atoms with Crippen molar-refractivity contribution in [1.29, 1.82) is 0 Å². The van der Waals surface area contributed by atoms with Crippen LogP contribution in [-0.4, -0.2) is 19.1 Å². The fourth-order valence-corrected chi connectivity index (χ4v) is 3.59. The maximum absolute atomic E-state index is 6.55. The summed E-state index contributed by atoms with van der Waals surface area (Å²) in [7, 11) is 0. The van der Waals surface area contributed by atoms with Gasteiger partial charge in [-0.05, 0) is 42.9 Å². The number of benzene rings is 1. The van der Waals surface area contributed by atoms with Crippen LogP contribution in [0.1, 0.15) is 46.1 Å². The van der Waals surface area contributed by atoms with E-state index in [2.05, 4.69) is 50.0 Å². The van der Waals surface area contributed by atoms with Crippen LogP contribution in [0.2, 0.25) is 5.02 Å². The SMILES string of the molecule is CC(C)CNCc1cccc(Cl)c1N1CCCC1C(C)C. The van der Waals surface area contributed by atoms with Crippen molar-refractivity contribution in [2.75, 3.05) is 18.0 Å². The molecule has 0 saturated carbocycles. The Balaban J connectivity index is 2.21. The number of hydrogen-bond donors (Lipinski definition) is 1. The van der Waals surface area contributed by atoms with Gasteiger partial charge in [0.15, 0.2) is 0 Å². The molecule has 0 radical (unpaired) electrons. The van der Waals surface area contributed by atoms with E-state index in [0.29, 0.717) is 17.9 Å². The molecule has 1 aliphatic heterocycles. The summed E-state index contributed by atoms with van der Waals surface area (Å²) in [4.78, 5) is 2.54. The van der Waals surface area contributed by atoms with Crippen molar-refractivity contribution in [3.8, 4) is 0 Å². The zero-order chi connectivity index (χ0) is 15.4. The van der Waals surface area contributed by atoms with Gasteiger partial charge in [0, 0.05) is 19.1 Å². The molecule has 118 valence electrons. The predicted octanol–water partition coefficient (Wildman–Crippen LogP) is 4.71. The van der Waals surface area contributed by atoms with E-state index in [1.165, 1.54) is 24.1 Å². The van der Waals surface area contributed by atoms with Crippen LogP contribution in [0, 0.1) is 11.8 Å². The van der Waals surface area contributed by atoms with Gasteiger partial charge in [-0.25, -0.2) is 0 Å². The van der Waals surface area contributed by atoms with E-state index < -0.39 is 0 Å². The third-order valence-corrected chi connectivity index (χ3v) is 4.60. The van der Waals surface area contributed by atoms with E-state index in [4.69, 9.17) is 11.6 Å². The third-order valence-electron chi connectivity index (χ3n) is 4.29. The lowest BCUT2D eigenvalue weighted by Crippen LogP contribution is -2.34. The number of anilines is 1. The molecule has 1 aliphatic rings. The monoisotopic (exact) mass is 308 g/mol. The molecule has 1 N–H and O–H groups in total. The van der Waals surface area contributed by atoms with Crippen molar-refractivity contribution in [2.24, 2.45) is 11.8 Å². The van der Waals surface area contributed by atoms with Crippen molar-refractivity contribution < 1.29 is 0 Å². The molecule has 2 nitrogen and oxygen atoms in total. The van der Waals surface area contributed by atoms with Crippen molar-refractivity contribution in [2.45, 2.75) is 53.1 Å². The normalized spacial score (nSPS) is 19.0. The molecule has 0 spiro atoms. The summed E-state index contributed by atoms with van der Waals surface area (Å²) in [6.45, 7) is 12.2. The number of nitrogens with one attached hydrogen (secondary N) is 1. The highest BCUT2D eigenvalue weighted by atomic mass is 35.5. The van der Waals surface area contributed by atoms with Crippen LogP contribution >= 0.6 is 11.6 Å². The van der Waals surface area contributed by atoms with E-state index in [9.17, 15) is 0 Å². The predicted molar refractivity (Wildman–Crippen MR) is 93.2 cm³/mol. The molecule has 0 aliphatic carbocycles. The first kappa shape index (κ1) is 16.6. The Morgan fingerprint density at radius 2 is 2.05 bits per heavy atom. The van der Waals surface area contributed by atoms with Gasteiger partial charge in [0.05, 0.1) is 10.7 Å². The van der Waals surface area contributed by atoms with E-state index in [-0.39, 0.29) is 0 Å². The Hall–Kier alpha value is -0.730. The first-order valence-corrected chi connectivity index (χ1v) is 8.63. The Bertz CT molecular complexity index is 457. The van der Waals surface area contributed by atoms with Crippen LogP contribution in [0.5, 0.6) is 0 Å². The highest BCUT2D eigenvalue weighted by Crippen LogP contribution is 2.37. The van der Waals surface area contributed by atoms with Crippen LogP contribution in [0.15, 0.2) is 18.2 Å². The van der Waals surface area contributed by atoms with Gasteiger partial charge >= 0.3 is 0 Å². The Morgan fingerprint density at radius 1 is 1.29 bits per heavy atom. The third kappa shape index (κ3) is 4.14. The Morgan fingerprint density at radius 3 is 2.71 bits per heavy atom. The molecule has 1 unspecified atom stereocenters. The lowest BCUT2D eigenvalue weighted by molar-refractivity contribution is 0.490. The molecule has 0 bridgehead atoms. The molecule has 2 rings (SSSR count). The topological polar surface area (TPSA) is 15.3 Å². The summed E-state index contributed by atoms with van der Waals surface area (Å²) in [5, 5.41) is 4.45. The molecule has 1 saturated heterocycles. The van der Waals surface area contributed by atoms with Gasteiger partial charge in [-0.1, -0.05) is 51.4 Å². The summed E-state index contributed by atoms with van der Waals surface area (Å²) in [5.41, 5.74) is 2.59. The molecule has 21 heavy (non-hydrogen) atoms. The number of nitrogens with zero attached hydrogens (tertiary/aromatic N) is 1. The summed E-state index contributed by atoms with van der Waals surface area (Å²) >= 11 is 6.55. The standard InChI is InChI=1S/C18H29ClN2/c1-13(2)11-20-12-15-7-5-8-16(19)18(15)21-10-6-9-17(21)14(3)4/h5,7-8,13-14,17,20H,6,9-12H2,1-4H3. The average Bonchev–Trinajstić information content (AvgIpc) is 2.87. The van der Waals surface area contributed by atoms with Crippen LogP contribution in [-0.2, 0) is 6.54 Å². The van der Waals surface area contributed by atoms with Crippen LogP contribution in [0.25, 0.3) is 0 Å². The highest BCUT2D eigenvalue weighted by Gasteiger charge is 2.29. The average molecular weight is 309 g/mol. The van der Waals surface area contributed by atoms with E-state index in [1.54, 1.807) is 0 Å². The van der Waals surface area contributed by atoms with Crippen LogP contribution < -0.4 is 10.2 Å². The lowest BCUT2D eigenvalue weighted by atomic mass is 10.0. The molecule has 1 heterocycles. The maximum atomic E-state index is 6.55. The second kappa shape index (κ2) is 7.51. The molecular weight excluding hydrogens is 280 g/mol. The van der Waals surface area contributed by atoms with Crippen LogP contribution in [0.4, 0.5) is 5.69 Å². The maximum Gasteiger partial charge on any atom is 0.0643 e. The molecule has 1 aromatic rings. The van der Waals surface area contributed by atoms with Crippen molar-refractivity contribution in [3.05, 3.63) is 28.8 Å². The second-order valence-corrected chi connectivity index (χ2v) is 7.33. The summed E-state index contributed by atoms with van der Waals surface area (Å²) in [6.07, 6.45) is 2.55. The van der Waals surface area contributed by atoms with Crippen LogP contribution in [0.3, 0.4) is 0 Å². The zero-order valence-corrected chi connectivity index (χ0v) is 14.6. The summed E-state index contributed by atoms with van der Waals surface area (Å²) in [6, 6.07) is 6.93. The van der Waals surface area contributed by atoms with Gasteiger partial charge in [-0.2, -0.15) is 0 Å². The zero-order valence-electron chi connectivity index (χ0n) is 13.8. The van der Waals surface area contributed by atoms with Gasteiger partial charge in [0.2, 0.25) is 0 Å². The minimum atomic E-state index is 0.619. The van der Waals surface area contributed by atoms with E-state index in [0.717, 1.165) is 24.7 Å². The first-order chi connectivity index (χ1) is 10.0. The minimum absolute atomic E-state index is 0.619. The molecule has 3 heteroatoms. The highest BCUT2D eigenvalue weighted by molar-refractivity contribution is 6.33. The van der Waals surface area contributed by atoms with E-state index >= 15 is 0 Å². The largest absolute Gasteiger partial charge is 0.367 e. The van der Waals surface area contributed by atoms with Crippen molar-refractivity contribution >= 4 is 17.3 Å².